The van der Waals surface area contributed by atoms with Gasteiger partial charge in [0, 0.05) is 31.4 Å². The fraction of sp³-hybridized carbons (Fsp3) is 0.375. The van der Waals surface area contributed by atoms with Crippen molar-refractivity contribution in [2.45, 2.75) is 25.1 Å². The smallest absolute Gasteiger partial charge is 0.367 e. The van der Waals surface area contributed by atoms with Gasteiger partial charge in [0.25, 0.3) is 11.5 Å². The number of H-pyrrole nitrogens is 1. The zero-order valence-electron chi connectivity index (χ0n) is 13.6. The molecule has 2 aromatic rings. The minimum Gasteiger partial charge on any atom is -0.367 e. The summed E-state index contributed by atoms with van der Waals surface area (Å²) in [6.45, 7) is 0.782. The Balaban J connectivity index is 1.60. The van der Waals surface area contributed by atoms with E-state index in [2.05, 4.69) is 20.3 Å². The Kier molecular flexibility index (Phi) is 4.92. The summed E-state index contributed by atoms with van der Waals surface area (Å²) in [4.78, 5) is 35.1. The van der Waals surface area contributed by atoms with Crippen LogP contribution in [0.15, 0.2) is 35.5 Å². The Morgan fingerprint density at radius 1 is 1.27 bits per heavy atom. The maximum absolute atomic E-state index is 12.7. The number of halogens is 3. The number of likely N-dealkylation sites (tertiary alicyclic amines) is 1. The van der Waals surface area contributed by atoms with E-state index in [9.17, 15) is 22.8 Å². The molecule has 0 atom stereocenters. The number of carbonyl (C=O) groups excluding carboxylic acids is 1. The molecule has 10 heteroatoms. The van der Waals surface area contributed by atoms with Crippen molar-refractivity contribution >= 4 is 11.7 Å². The SMILES string of the molecule is O=C(c1ccc[nH]c1=O)N1CCC(Nc2cc(C(F)(F)F)ncn2)CC1. The quantitative estimate of drug-likeness (QED) is 0.865. The van der Waals surface area contributed by atoms with Gasteiger partial charge in [-0.1, -0.05) is 0 Å². The lowest BCUT2D eigenvalue weighted by Gasteiger charge is -2.32. The molecule has 0 aromatic carbocycles. The van der Waals surface area contributed by atoms with Crippen LogP contribution in [0.25, 0.3) is 0 Å². The van der Waals surface area contributed by atoms with Crippen LogP contribution in [0.3, 0.4) is 0 Å². The molecule has 1 amide bonds. The van der Waals surface area contributed by atoms with Gasteiger partial charge in [0.05, 0.1) is 0 Å². The van der Waals surface area contributed by atoms with E-state index in [0.29, 0.717) is 25.9 Å². The Morgan fingerprint density at radius 3 is 2.65 bits per heavy atom. The molecule has 0 bridgehead atoms. The molecule has 2 N–H and O–H groups in total. The minimum absolute atomic E-state index is 0.0736. The molecule has 3 rings (SSSR count). The molecule has 1 saturated heterocycles. The third-order valence-electron chi connectivity index (χ3n) is 4.14. The Bertz CT molecular complexity index is 844. The van der Waals surface area contributed by atoms with Crippen molar-refractivity contribution in [2.24, 2.45) is 0 Å². The molecule has 2 aromatic heterocycles. The van der Waals surface area contributed by atoms with E-state index in [1.165, 1.54) is 12.3 Å². The molecular weight excluding hydrogens is 351 g/mol. The highest BCUT2D eigenvalue weighted by molar-refractivity contribution is 5.93. The molecule has 0 spiro atoms. The number of hydrogen-bond acceptors (Lipinski definition) is 5. The average Bonchev–Trinajstić information content (AvgIpc) is 2.62. The first-order chi connectivity index (χ1) is 12.3. The van der Waals surface area contributed by atoms with Crippen LogP contribution in [0.5, 0.6) is 0 Å². The van der Waals surface area contributed by atoms with Crippen molar-refractivity contribution in [3.63, 3.8) is 0 Å². The summed E-state index contributed by atoms with van der Waals surface area (Å²) < 4.78 is 38.1. The number of carbonyl (C=O) groups is 1. The summed E-state index contributed by atoms with van der Waals surface area (Å²) in [5.74, 6) is -0.261. The van der Waals surface area contributed by atoms with Crippen molar-refractivity contribution in [1.82, 2.24) is 19.9 Å². The van der Waals surface area contributed by atoms with Crippen LogP contribution in [0.1, 0.15) is 28.9 Å². The van der Waals surface area contributed by atoms with Crippen molar-refractivity contribution in [1.29, 1.82) is 0 Å². The first kappa shape index (κ1) is 17.9. The second kappa shape index (κ2) is 7.14. The first-order valence-electron chi connectivity index (χ1n) is 7.97. The monoisotopic (exact) mass is 367 g/mol. The normalized spacial score (nSPS) is 15.7. The number of aromatic amines is 1. The van der Waals surface area contributed by atoms with E-state index in [4.69, 9.17) is 0 Å². The summed E-state index contributed by atoms with van der Waals surface area (Å²) >= 11 is 0. The van der Waals surface area contributed by atoms with Crippen molar-refractivity contribution in [3.8, 4) is 0 Å². The fourth-order valence-electron chi connectivity index (χ4n) is 2.79. The van der Waals surface area contributed by atoms with E-state index in [1.807, 2.05) is 0 Å². The number of aromatic nitrogens is 3. The zero-order valence-corrected chi connectivity index (χ0v) is 13.6. The average molecular weight is 367 g/mol. The molecule has 138 valence electrons. The second-order valence-corrected chi connectivity index (χ2v) is 5.91. The van der Waals surface area contributed by atoms with Gasteiger partial charge in [-0.15, -0.1) is 0 Å². The van der Waals surface area contributed by atoms with Gasteiger partial charge in [-0.2, -0.15) is 13.2 Å². The molecule has 0 aliphatic carbocycles. The molecule has 0 saturated carbocycles. The van der Waals surface area contributed by atoms with Crippen LogP contribution < -0.4 is 10.9 Å². The zero-order chi connectivity index (χ0) is 18.7. The molecule has 0 radical (unpaired) electrons. The number of amides is 1. The van der Waals surface area contributed by atoms with Crippen LogP contribution in [-0.4, -0.2) is 44.9 Å². The van der Waals surface area contributed by atoms with E-state index in [0.717, 1.165) is 12.4 Å². The van der Waals surface area contributed by atoms with Gasteiger partial charge in [-0.25, -0.2) is 9.97 Å². The van der Waals surface area contributed by atoms with Crippen LogP contribution in [0.4, 0.5) is 19.0 Å². The first-order valence-corrected chi connectivity index (χ1v) is 7.97. The molecule has 7 nitrogen and oxygen atoms in total. The molecular formula is C16H16F3N5O2. The van der Waals surface area contributed by atoms with Gasteiger partial charge in [0.15, 0.2) is 0 Å². The highest BCUT2D eigenvalue weighted by Crippen LogP contribution is 2.28. The van der Waals surface area contributed by atoms with Gasteiger partial charge in [0.1, 0.15) is 23.4 Å². The lowest BCUT2D eigenvalue weighted by molar-refractivity contribution is -0.141. The number of rotatable bonds is 3. The highest BCUT2D eigenvalue weighted by Gasteiger charge is 2.33. The number of nitrogens with zero attached hydrogens (tertiary/aromatic N) is 3. The molecule has 3 heterocycles. The minimum atomic E-state index is -4.53. The third kappa shape index (κ3) is 4.01. The Hall–Kier alpha value is -2.91. The largest absolute Gasteiger partial charge is 0.433 e. The Labute approximate surface area is 146 Å². The van der Waals surface area contributed by atoms with E-state index in [1.54, 1.807) is 11.0 Å². The summed E-state index contributed by atoms with van der Waals surface area (Å²) in [7, 11) is 0. The molecule has 1 aliphatic heterocycles. The molecule has 26 heavy (non-hydrogen) atoms. The summed E-state index contributed by atoms with van der Waals surface area (Å²) in [6, 6.07) is 3.78. The Morgan fingerprint density at radius 2 is 2.00 bits per heavy atom. The van der Waals surface area contributed by atoms with Crippen LogP contribution in [0.2, 0.25) is 0 Å². The summed E-state index contributed by atoms with van der Waals surface area (Å²) in [6.07, 6.45) is -1.15. The van der Waals surface area contributed by atoms with Crippen molar-refractivity contribution in [3.05, 3.63) is 52.3 Å². The predicted octanol–water partition coefficient (Wildman–Crippen LogP) is 1.90. The lowest BCUT2D eigenvalue weighted by Crippen LogP contribution is -2.43. The highest BCUT2D eigenvalue weighted by atomic mass is 19.4. The van der Waals surface area contributed by atoms with Gasteiger partial charge in [-0.3, -0.25) is 9.59 Å². The number of hydrogen-bond donors (Lipinski definition) is 2. The van der Waals surface area contributed by atoms with E-state index < -0.39 is 17.4 Å². The van der Waals surface area contributed by atoms with Crippen LogP contribution in [0, 0.1) is 0 Å². The van der Waals surface area contributed by atoms with Crippen molar-refractivity contribution < 1.29 is 18.0 Å². The maximum atomic E-state index is 12.7. The molecule has 1 fully saturated rings. The third-order valence-corrected chi connectivity index (χ3v) is 4.14. The topological polar surface area (TPSA) is 91.0 Å². The number of pyridine rings is 1. The number of anilines is 1. The van der Waals surface area contributed by atoms with Gasteiger partial charge < -0.3 is 15.2 Å². The van der Waals surface area contributed by atoms with E-state index in [-0.39, 0.29) is 23.3 Å². The van der Waals surface area contributed by atoms with Gasteiger partial charge in [0.2, 0.25) is 0 Å². The summed E-state index contributed by atoms with van der Waals surface area (Å²) in [5, 5.41) is 2.95. The lowest BCUT2D eigenvalue weighted by atomic mass is 10.0. The second-order valence-electron chi connectivity index (χ2n) is 5.91. The molecule has 1 aliphatic rings. The van der Waals surface area contributed by atoms with Crippen LogP contribution in [-0.2, 0) is 6.18 Å². The maximum Gasteiger partial charge on any atom is 0.433 e. The number of piperidine rings is 1. The molecule has 0 unspecified atom stereocenters. The summed E-state index contributed by atoms with van der Waals surface area (Å²) in [5.41, 5.74) is -1.38. The van der Waals surface area contributed by atoms with Crippen molar-refractivity contribution in [2.75, 3.05) is 18.4 Å². The fourth-order valence-corrected chi connectivity index (χ4v) is 2.79. The van der Waals surface area contributed by atoms with Gasteiger partial charge >= 0.3 is 6.18 Å². The standard InChI is InChI=1S/C16H16F3N5O2/c17-16(18,19)12-8-13(22-9-21-12)23-10-3-6-24(7-4-10)15(26)11-2-1-5-20-14(11)25/h1-2,5,8-10H,3-4,6-7H2,(H,20,25)(H,21,22,23). The van der Waals surface area contributed by atoms with Gasteiger partial charge in [-0.05, 0) is 25.0 Å². The predicted molar refractivity (Wildman–Crippen MR) is 86.6 cm³/mol. The van der Waals surface area contributed by atoms with Crippen LogP contribution >= 0.6 is 0 Å². The number of nitrogens with one attached hydrogen (secondary N) is 2. The van der Waals surface area contributed by atoms with E-state index >= 15 is 0 Å². The number of alkyl halides is 3.